The van der Waals surface area contributed by atoms with Gasteiger partial charge in [-0.05, 0) is 45.7 Å². The van der Waals surface area contributed by atoms with Gasteiger partial charge in [-0.15, -0.1) is 0 Å². The zero-order valence-electron chi connectivity index (χ0n) is 20.8. The number of hydrogen-bond acceptors (Lipinski definition) is 7. The van der Waals surface area contributed by atoms with Crippen molar-refractivity contribution in [3.63, 3.8) is 0 Å². The average molecular weight is 557 g/mol. The highest BCUT2D eigenvalue weighted by Crippen LogP contribution is 2.31. The Labute approximate surface area is 213 Å². The molecule has 1 aliphatic carbocycles. The number of carbonyl (C=O) groups excluding carboxylic acids is 2. The molecule has 1 aromatic rings. The van der Waals surface area contributed by atoms with Gasteiger partial charge in [-0.3, -0.25) is 9.69 Å². The van der Waals surface area contributed by atoms with Crippen LogP contribution >= 0.6 is 0 Å². The lowest BCUT2D eigenvalue weighted by molar-refractivity contribution is -0.118. The normalized spacial score (nSPS) is 15.1. The van der Waals surface area contributed by atoms with E-state index in [9.17, 15) is 35.6 Å². The van der Waals surface area contributed by atoms with Crippen LogP contribution in [0.2, 0.25) is 0 Å². The minimum Gasteiger partial charge on any atom is -0.471 e. The number of rotatable bonds is 11. The van der Waals surface area contributed by atoms with E-state index in [0.717, 1.165) is 31.4 Å². The maximum atomic E-state index is 13.2. The van der Waals surface area contributed by atoms with Gasteiger partial charge in [-0.2, -0.15) is 4.98 Å². The number of alkyl halides is 4. The summed E-state index contributed by atoms with van der Waals surface area (Å²) in [5.41, 5.74) is -0.797. The molecular weight excluding hydrogens is 524 g/mol. The zero-order valence-corrected chi connectivity index (χ0v) is 21.6. The molecule has 0 aromatic carbocycles. The summed E-state index contributed by atoms with van der Waals surface area (Å²) < 4.78 is 87.5. The molecule has 0 saturated heterocycles. The van der Waals surface area contributed by atoms with Gasteiger partial charge in [-0.1, -0.05) is 19.3 Å². The van der Waals surface area contributed by atoms with E-state index in [1.807, 2.05) is 0 Å². The quantitative estimate of drug-likeness (QED) is 0.400. The van der Waals surface area contributed by atoms with E-state index in [2.05, 4.69) is 10.3 Å². The van der Waals surface area contributed by atoms with Gasteiger partial charge in [0.1, 0.15) is 22.9 Å². The molecule has 2 N–H and O–H groups in total. The Balaban J connectivity index is 2.40. The molecule has 0 aliphatic heterocycles. The van der Waals surface area contributed by atoms with Gasteiger partial charge >= 0.3 is 6.09 Å². The summed E-state index contributed by atoms with van der Waals surface area (Å²) in [5.74, 6) is -1.47. The first-order chi connectivity index (χ1) is 17.2. The SMILES string of the molecule is CC(C)(C)OC(=O)NCC(=O)N(c1ccc(S(=O)(=O)NCC(F)F)c(OCC(F)F)n1)C1CCCCC1. The van der Waals surface area contributed by atoms with Gasteiger partial charge in [0.2, 0.25) is 21.8 Å². The third kappa shape index (κ3) is 9.95. The summed E-state index contributed by atoms with van der Waals surface area (Å²) in [6.45, 7) is 2.06. The molecule has 210 valence electrons. The second kappa shape index (κ2) is 13.2. The van der Waals surface area contributed by atoms with Gasteiger partial charge in [0, 0.05) is 6.04 Å². The van der Waals surface area contributed by atoms with E-state index >= 15 is 0 Å². The van der Waals surface area contributed by atoms with E-state index in [1.165, 1.54) is 4.90 Å². The molecule has 0 radical (unpaired) electrons. The highest BCUT2D eigenvalue weighted by Gasteiger charge is 2.31. The second-order valence-corrected chi connectivity index (χ2v) is 11.1. The minimum atomic E-state index is -4.60. The van der Waals surface area contributed by atoms with Crippen LogP contribution in [0, 0.1) is 0 Å². The molecule has 0 spiro atoms. The Morgan fingerprint density at radius 2 is 1.76 bits per heavy atom. The lowest BCUT2D eigenvalue weighted by Gasteiger charge is -2.34. The molecule has 1 fully saturated rings. The smallest absolute Gasteiger partial charge is 0.408 e. The van der Waals surface area contributed by atoms with E-state index < -0.39 is 70.9 Å². The molecule has 1 saturated carbocycles. The van der Waals surface area contributed by atoms with E-state index in [4.69, 9.17) is 9.47 Å². The van der Waals surface area contributed by atoms with E-state index in [1.54, 1.807) is 25.5 Å². The summed E-state index contributed by atoms with van der Waals surface area (Å²) in [6, 6.07) is 1.74. The summed E-state index contributed by atoms with van der Waals surface area (Å²) in [6.07, 6.45) is -3.10. The van der Waals surface area contributed by atoms with Crippen LogP contribution in [0.5, 0.6) is 5.88 Å². The summed E-state index contributed by atoms with van der Waals surface area (Å²) in [7, 11) is -4.60. The van der Waals surface area contributed by atoms with Crippen LogP contribution in [0.25, 0.3) is 0 Å². The van der Waals surface area contributed by atoms with Crippen molar-refractivity contribution in [2.75, 3.05) is 24.6 Å². The Morgan fingerprint density at radius 3 is 2.32 bits per heavy atom. The molecule has 0 bridgehead atoms. The molecule has 1 aliphatic rings. The number of amides is 2. The van der Waals surface area contributed by atoms with Crippen LogP contribution in [-0.4, -0.2) is 69.6 Å². The van der Waals surface area contributed by atoms with Gasteiger partial charge in [0.15, 0.2) is 6.61 Å². The van der Waals surface area contributed by atoms with Crippen molar-refractivity contribution < 1.29 is 45.0 Å². The maximum Gasteiger partial charge on any atom is 0.408 e. The zero-order chi connectivity index (χ0) is 27.8. The van der Waals surface area contributed by atoms with Crippen LogP contribution in [0.15, 0.2) is 17.0 Å². The average Bonchev–Trinajstić information content (AvgIpc) is 2.80. The number of sulfonamides is 1. The fourth-order valence-corrected chi connectivity index (χ4v) is 4.74. The monoisotopic (exact) mass is 556 g/mol. The predicted octanol–water partition coefficient (Wildman–Crippen LogP) is 3.46. The first-order valence-electron chi connectivity index (χ1n) is 11.7. The molecule has 2 rings (SSSR count). The third-order valence-electron chi connectivity index (χ3n) is 5.11. The number of ether oxygens (including phenoxy) is 2. The minimum absolute atomic E-state index is 0.0973. The van der Waals surface area contributed by atoms with Crippen molar-refractivity contribution >= 4 is 27.8 Å². The van der Waals surface area contributed by atoms with Crippen LogP contribution in [0.3, 0.4) is 0 Å². The van der Waals surface area contributed by atoms with Gasteiger partial charge in [0.25, 0.3) is 12.9 Å². The number of anilines is 1. The van der Waals surface area contributed by atoms with Crippen LogP contribution in [0.1, 0.15) is 52.9 Å². The number of halogens is 4. The standard InChI is InChI=1S/C22H32F4N4O6S/c1-22(2,3)36-21(32)27-12-19(31)30(14-7-5-4-6-8-14)18-10-9-15(20(29-18)35-13-17(25)26)37(33,34)28-11-16(23)24/h9-10,14,16-17,28H,4-8,11-13H2,1-3H3,(H,27,32). The largest absolute Gasteiger partial charge is 0.471 e. The number of alkyl carbamates (subject to hydrolysis) is 1. The molecule has 0 unspecified atom stereocenters. The van der Waals surface area contributed by atoms with Crippen molar-refractivity contribution in [3.8, 4) is 5.88 Å². The number of nitrogens with one attached hydrogen (secondary N) is 2. The highest BCUT2D eigenvalue weighted by atomic mass is 32.2. The molecule has 37 heavy (non-hydrogen) atoms. The lowest BCUT2D eigenvalue weighted by atomic mass is 9.94. The van der Waals surface area contributed by atoms with Crippen LogP contribution < -0.4 is 19.7 Å². The predicted molar refractivity (Wildman–Crippen MR) is 126 cm³/mol. The Hall–Kier alpha value is -2.68. The van der Waals surface area contributed by atoms with Crippen molar-refractivity contribution in [3.05, 3.63) is 12.1 Å². The topological polar surface area (TPSA) is 127 Å². The van der Waals surface area contributed by atoms with E-state index in [0.29, 0.717) is 12.8 Å². The summed E-state index contributed by atoms with van der Waals surface area (Å²) >= 11 is 0. The maximum absolute atomic E-state index is 13.2. The molecule has 0 atom stereocenters. The summed E-state index contributed by atoms with van der Waals surface area (Å²) in [4.78, 5) is 29.8. The third-order valence-corrected chi connectivity index (χ3v) is 6.55. The fraction of sp³-hybridized carbons (Fsp3) is 0.682. The molecule has 15 heteroatoms. The van der Waals surface area contributed by atoms with Gasteiger partial charge in [-0.25, -0.2) is 35.5 Å². The van der Waals surface area contributed by atoms with Crippen LogP contribution in [-0.2, 0) is 19.6 Å². The Bertz CT molecular complexity index is 1030. The Morgan fingerprint density at radius 1 is 1.11 bits per heavy atom. The number of carbonyl (C=O) groups is 2. The Kier molecular flexibility index (Phi) is 10.9. The first kappa shape index (κ1) is 30.5. The van der Waals surface area contributed by atoms with Crippen molar-refractivity contribution in [2.45, 2.75) is 82.3 Å². The van der Waals surface area contributed by atoms with Crippen molar-refractivity contribution in [1.29, 1.82) is 0 Å². The molecule has 10 nitrogen and oxygen atoms in total. The second-order valence-electron chi connectivity index (χ2n) is 9.33. The van der Waals surface area contributed by atoms with E-state index in [-0.39, 0.29) is 11.9 Å². The highest BCUT2D eigenvalue weighted by molar-refractivity contribution is 7.89. The van der Waals surface area contributed by atoms with Gasteiger partial charge < -0.3 is 14.8 Å². The number of pyridine rings is 1. The van der Waals surface area contributed by atoms with Crippen LogP contribution in [0.4, 0.5) is 28.2 Å². The molecule has 1 aromatic heterocycles. The molecule has 2 amide bonds. The summed E-state index contributed by atoms with van der Waals surface area (Å²) in [5, 5.41) is 2.36. The van der Waals surface area contributed by atoms with Gasteiger partial charge in [0.05, 0.1) is 6.54 Å². The van der Waals surface area contributed by atoms with Crippen molar-refractivity contribution in [1.82, 2.24) is 15.0 Å². The first-order valence-corrected chi connectivity index (χ1v) is 13.2. The fourth-order valence-electron chi connectivity index (χ4n) is 3.66. The number of hydrogen-bond donors (Lipinski definition) is 2. The molecule has 1 heterocycles. The number of nitrogens with zero attached hydrogens (tertiary/aromatic N) is 2. The lowest BCUT2D eigenvalue weighted by Crippen LogP contribution is -2.47. The molecular formula is C22H32F4N4O6S. The van der Waals surface area contributed by atoms with Crippen molar-refractivity contribution in [2.24, 2.45) is 0 Å². The number of aromatic nitrogens is 1.